The van der Waals surface area contributed by atoms with Gasteiger partial charge in [-0.2, -0.15) is 5.10 Å². The molecule has 0 aromatic carbocycles. The Labute approximate surface area is 145 Å². The molecule has 2 aliphatic rings. The number of hydrogen-bond donors (Lipinski definition) is 2. The van der Waals surface area contributed by atoms with E-state index in [9.17, 15) is 4.79 Å². The average Bonchev–Trinajstić information content (AvgIpc) is 2.90. The normalized spacial score (nSPS) is 25.5. The maximum absolute atomic E-state index is 12.3. The lowest BCUT2D eigenvalue weighted by Crippen LogP contribution is -2.60. The summed E-state index contributed by atoms with van der Waals surface area (Å²) in [6, 6.07) is 3.11. The molecule has 1 saturated heterocycles. The standard InChI is InChI=1S/C18H31N5O/c1-4-9-23-10-7-14(8-11-23)19-15-5-6-16(15)20-18(24)17-12-13(2)22(3)21-17/h12,14-16,19H,4-11H2,1-3H3,(H,20,24)/t15-,16+/m1/s1. The lowest BCUT2D eigenvalue weighted by atomic mass is 9.85. The van der Waals surface area contributed by atoms with E-state index < -0.39 is 0 Å². The number of aromatic nitrogens is 2. The molecule has 2 fully saturated rings. The summed E-state index contributed by atoms with van der Waals surface area (Å²) in [5, 5.41) is 11.2. The Kier molecular flexibility index (Phi) is 5.56. The Hall–Kier alpha value is -1.40. The first-order valence-corrected chi connectivity index (χ1v) is 9.36. The van der Waals surface area contributed by atoms with Gasteiger partial charge in [-0.15, -0.1) is 0 Å². The molecule has 1 aromatic heterocycles. The van der Waals surface area contributed by atoms with E-state index in [1.54, 1.807) is 4.68 Å². The van der Waals surface area contributed by atoms with Crippen LogP contribution in [0.15, 0.2) is 6.07 Å². The highest BCUT2D eigenvalue weighted by Crippen LogP contribution is 2.23. The summed E-state index contributed by atoms with van der Waals surface area (Å²) in [5.41, 5.74) is 1.52. The van der Waals surface area contributed by atoms with Crippen molar-refractivity contribution >= 4 is 5.91 Å². The summed E-state index contributed by atoms with van der Waals surface area (Å²) in [7, 11) is 1.87. The fourth-order valence-corrected chi connectivity index (χ4v) is 3.73. The number of rotatable bonds is 6. The predicted octanol–water partition coefficient (Wildman–Crippen LogP) is 1.45. The monoisotopic (exact) mass is 333 g/mol. The minimum Gasteiger partial charge on any atom is -0.346 e. The number of hydrogen-bond acceptors (Lipinski definition) is 4. The zero-order valence-electron chi connectivity index (χ0n) is 15.2. The first kappa shape index (κ1) is 17.4. The van der Waals surface area contributed by atoms with Crippen molar-refractivity contribution in [2.45, 2.75) is 64.1 Å². The predicted molar refractivity (Wildman–Crippen MR) is 95.1 cm³/mol. The van der Waals surface area contributed by atoms with E-state index in [-0.39, 0.29) is 11.9 Å². The fraction of sp³-hybridized carbons (Fsp3) is 0.778. The van der Waals surface area contributed by atoms with E-state index in [2.05, 4.69) is 27.6 Å². The lowest BCUT2D eigenvalue weighted by Gasteiger charge is -2.42. The molecule has 1 amide bonds. The van der Waals surface area contributed by atoms with Gasteiger partial charge >= 0.3 is 0 Å². The lowest BCUT2D eigenvalue weighted by molar-refractivity contribution is 0.0873. The SMILES string of the molecule is CCCN1CCC(N[C@@H]2CC[C@@H]2NC(=O)c2cc(C)n(C)n2)CC1. The maximum atomic E-state index is 12.3. The Balaban J connectivity index is 1.44. The van der Waals surface area contributed by atoms with Gasteiger partial charge in [-0.25, -0.2) is 0 Å². The topological polar surface area (TPSA) is 62.2 Å². The van der Waals surface area contributed by atoms with Gasteiger partial charge in [0.05, 0.1) is 0 Å². The number of carbonyl (C=O) groups is 1. The van der Waals surface area contributed by atoms with Crippen LogP contribution in [0, 0.1) is 6.92 Å². The molecule has 134 valence electrons. The van der Waals surface area contributed by atoms with Crippen molar-refractivity contribution in [3.8, 4) is 0 Å². The zero-order valence-corrected chi connectivity index (χ0v) is 15.2. The summed E-state index contributed by atoms with van der Waals surface area (Å²) in [6.07, 6.45) is 5.89. The number of aryl methyl sites for hydroxylation is 2. The van der Waals surface area contributed by atoms with Crippen LogP contribution in [0.3, 0.4) is 0 Å². The van der Waals surface area contributed by atoms with Crippen molar-refractivity contribution in [3.05, 3.63) is 17.5 Å². The summed E-state index contributed by atoms with van der Waals surface area (Å²) < 4.78 is 1.75. The van der Waals surface area contributed by atoms with Crippen LogP contribution in [-0.4, -0.2) is 58.3 Å². The van der Waals surface area contributed by atoms with Crippen molar-refractivity contribution in [1.82, 2.24) is 25.3 Å². The van der Waals surface area contributed by atoms with Crippen LogP contribution in [0.1, 0.15) is 55.2 Å². The maximum Gasteiger partial charge on any atom is 0.272 e. The molecule has 6 heteroatoms. The third kappa shape index (κ3) is 3.98. The van der Waals surface area contributed by atoms with Crippen LogP contribution >= 0.6 is 0 Å². The van der Waals surface area contributed by atoms with Gasteiger partial charge in [-0.05, 0) is 64.7 Å². The van der Waals surface area contributed by atoms with Gasteiger partial charge in [-0.3, -0.25) is 9.48 Å². The quantitative estimate of drug-likeness (QED) is 0.827. The number of nitrogens with zero attached hydrogens (tertiary/aromatic N) is 3. The largest absolute Gasteiger partial charge is 0.346 e. The summed E-state index contributed by atoms with van der Waals surface area (Å²) in [5.74, 6) is -0.0482. The van der Waals surface area contributed by atoms with Gasteiger partial charge in [0.25, 0.3) is 5.91 Å². The van der Waals surface area contributed by atoms with E-state index in [0.29, 0.717) is 17.8 Å². The fourth-order valence-electron chi connectivity index (χ4n) is 3.73. The molecule has 2 atom stereocenters. The Morgan fingerprint density at radius 3 is 2.50 bits per heavy atom. The van der Waals surface area contributed by atoms with E-state index in [0.717, 1.165) is 18.5 Å². The smallest absolute Gasteiger partial charge is 0.272 e. The molecular formula is C18H31N5O. The second-order valence-electron chi connectivity index (χ2n) is 7.34. The Bertz CT molecular complexity index is 542. The van der Waals surface area contributed by atoms with Crippen molar-refractivity contribution in [2.75, 3.05) is 19.6 Å². The number of nitrogens with one attached hydrogen (secondary N) is 2. The van der Waals surface area contributed by atoms with Crippen LogP contribution in [0.2, 0.25) is 0 Å². The summed E-state index contributed by atoms with van der Waals surface area (Å²) >= 11 is 0. The molecule has 2 heterocycles. The highest BCUT2D eigenvalue weighted by molar-refractivity contribution is 5.92. The van der Waals surface area contributed by atoms with E-state index >= 15 is 0 Å². The van der Waals surface area contributed by atoms with Gasteiger partial charge < -0.3 is 15.5 Å². The summed E-state index contributed by atoms with van der Waals surface area (Å²) in [6.45, 7) is 7.82. The molecule has 24 heavy (non-hydrogen) atoms. The van der Waals surface area contributed by atoms with Crippen molar-refractivity contribution in [3.63, 3.8) is 0 Å². The number of likely N-dealkylation sites (tertiary alicyclic amines) is 1. The van der Waals surface area contributed by atoms with Crippen molar-refractivity contribution in [2.24, 2.45) is 7.05 Å². The second kappa shape index (κ2) is 7.66. The minimum atomic E-state index is -0.0482. The van der Waals surface area contributed by atoms with Gasteiger partial charge in [0.2, 0.25) is 0 Å². The number of carbonyl (C=O) groups excluding carboxylic acids is 1. The highest BCUT2D eigenvalue weighted by Gasteiger charge is 2.34. The van der Waals surface area contributed by atoms with Gasteiger partial charge in [0.1, 0.15) is 5.69 Å². The molecule has 1 saturated carbocycles. The molecular weight excluding hydrogens is 302 g/mol. The first-order valence-electron chi connectivity index (χ1n) is 9.36. The van der Waals surface area contributed by atoms with Crippen LogP contribution < -0.4 is 10.6 Å². The summed E-state index contributed by atoms with van der Waals surface area (Å²) in [4.78, 5) is 14.9. The Morgan fingerprint density at radius 2 is 1.96 bits per heavy atom. The van der Waals surface area contributed by atoms with E-state index in [1.807, 2.05) is 20.0 Å². The first-order chi connectivity index (χ1) is 11.6. The molecule has 2 N–H and O–H groups in total. The minimum absolute atomic E-state index is 0.0482. The molecule has 0 unspecified atom stereocenters. The van der Waals surface area contributed by atoms with Crippen LogP contribution in [0.4, 0.5) is 0 Å². The molecule has 1 aliphatic heterocycles. The van der Waals surface area contributed by atoms with Gasteiger partial charge in [-0.1, -0.05) is 6.92 Å². The molecule has 6 nitrogen and oxygen atoms in total. The van der Waals surface area contributed by atoms with Crippen molar-refractivity contribution < 1.29 is 4.79 Å². The van der Waals surface area contributed by atoms with E-state index in [4.69, 9.17) is 0 Å². The molecule has 0 spiro atoms. The van der Waals surface area contributed by atoms with Crippen LogP contribution in [0.25, 0.3) is 0 Å². The van der Waals surface area contributed by atoms with Gasteiger partial charge in [0.15, 0.2) is 0 Å². The molecule has 0 radical (unpaired) electrons. The van der Waals surface area contributed by atoms with E-state index in [1.165, 1.54) is 38.9 Å². The third-order valence-electron chi connectivity index (χ3n) is 5.51. The third-order valence-corrected chi connectivity index (χ3v) is 5.51. The molecule has 1 aliphatic carbocycles. The number of piperidine rings is 1. The van der Waals surface area contributed by atoms with Crippen LogP contribution in [0.5, 0.6) is 0 Å². The highest BCUT2D eigenvalue weighted by atomic mass is 16.2. The second-order valence-corrected chi connectivity index (χ2v) is 7.34. The molecule has 3 rings (SSSR count). The molecule has 1 aromatic rings. The zero-order chi connectivity index (χ0) is 17.1. The molecule has 0 bridgehead atoms. The Morgan fingerprint density at radius 1 is 1.25 bits per heavy atom. The number of amides is 1. The van der Waals surface area contributed by atoms with Crippen LogP contribution in [-0.2, 0) is 7.05 Å². The van der Waals surface area contributed by atoms with Crippen molar-refractivity contribution in [1.29, 1.82) is 0 Å². The van der Waals surface area contributed by atoms with Gasteiger partial charge in [0, 0.05) is 30.9 Å². The average molecular weight is 333 g/mol.